The molecular weight excluding hydrogens is 239 g/mol. The van der Waals surface area contributed by atoms with E-state index < -0.39 is 10.4 Å². The van der Waals surface area contributed by atoms with E-state index in [-0.39, 0.29) is 29.6 Å². The van der Waals surface area contributed by atoms with E-state index in [0.717, 1.165) is 0 Å². The normalized spacial score (nSPS) is 9.88. The Morgan fingerprint density at radius 1 is 0.750 bits per heavy atom. The Labute approximate surface area is 116 Å². The molecule has 6 heteroatoms. The van der Waals surface area contributed by atoms with E-state index in [1.165, 1.54) is 10.8 Å². The predicted molar refractivity (Wildman–Crippen MR) is 54.4 cm³/mol. The maximum absolute atomic E-state index is 8.52. The molecule has 0 heterocycles. The molecule has 16 heavy (non-hydrogen) atoms. The maximum atomic E-state index is 8.52. The van der Waals surface area contributed by atoms with Gasteiger partial charge in [-0.3, -0.25) is 8.42 Å². The molecule has 0 aliphatic heterocycles. The van der Waals surface area contributed by atoms with Gasteiger partial charge in [0.1, 0.15) is 0 Å². The number of benzene rings is 2. The van der Waals surface area contributed by atoms with Crippen molar-refractivity contribution in [3.63, 3.8) is 0 Å². The van der Waals surface area contributed by atoms with Gasteiger partial charge in [-0.1, -0.05) is 48.5 Å². The number of rotatable bonds is 0. The van der Waals surface area contributed by atoms with Gasteiger partial charge in [-0.05, 0) is 10.8 Å². The van der Waals surface area contributed by atoms with Crippen molar-refractivity contribution in [3.05, 3.63) is 48.5 Å². The van der Waals surface area contributed by atoms with Gasteiger partial charge in [0.15, 0.2) is 0 Å². The van der Waals surface area contributed by atoms with Crippen LogP contribution < -0.4 is 29.6 Å². The van der Waals surface area contributed by atoms with E-state index in [1.54, 1.807) is 0 Å². The molecule has 0 bridgehead atoms. The largest absolute Gasteiger partial charge is 1.00 e. The summed E-state index contributed by atoms with van der Waals surface area (Å²) < 4.78 is 34.1. The fraction of sp³-hybridized carbons (Fsp3) is 0. The molecule has 0 saturated carbocycles. The predicted octanol–water partition coefficient (Wildman–Crippen LogP) is -1.49. The molecule has 2 aromatic carbocycles. The van der Waals surface area contributed by atoms with Gasteiger partial charge >= 0.3 is 29.6 Å². The molecular formula is C10H8NaO4S-. The van der Waals surface area contributed by atoms with Crippen LogP contribution in [0.3, 0.4) is 0 Å². The van der Waals surface area contributed by atoms with Gasteiger partial charge in [-0.15, -0.1) is 0 Å². The molecule has 0 saturated heterocycles. The van der Waals surface area contributed by atoms with E-state index in [9.17, 15) is 0 Å². The summed E-state index contributed by atoms with van der Waals surface area (Å²) in [6.07, 6.45) is 0. The Kier molecular flexibility index (Phi) is 6.82. The smallest absolute Gasteiger partial charge is 0.759 e. The minimum absolute atomic E-state index is 0. The molecule has 0 unspecified atom stereocenters. The summed E-state index contributed by atoms with van der Waals surface area (Å²) in [6.45, 7) is 0. The molecule has 2 aromatic rings. The van der Waals surface area contributed by atoms with Crippen molar-refractivity contribution >= 4 is 21.2 Å². The van der Waals surface area contributed by atoms with Crippen molar-refractivity contribution in [2.24, 2.45) is 0 Å². The van der Waals surface area contributed by atoms with Crippen LogP contribution in [-0.4, -0.2) is 17.5 Å². The molecule has 0 radical (unpaired) electrons. The molecule has 0 N–H and O–H groups in total. The SMILES string of the molecule is O=S(=O)([O-])[O-].[Na+].c1ccc2ccccc2c1. The van der Waals surface area contributed by atoms with Gasteiger partial charge in [-0.25, -0.2) is 0 Å². The van der Waals surface area contributed by atoms with Crippen molar-refractivity contribution in [3.8, 4) is 0 Å². The zero-order chi connectivity index (χ0) is 11.3. The van der Waals surface area contributed by atoms with Crippen LogP contribution in [0.2, 0.25) is 0 Å². The monoisotopic (exact) mass is 247 g/mol. The van der Waals surface area contributed by atoms with Crippen LogP contribution >= 0.6 is 0 Å². The Morgan fingerprint density at radius 2 is 0.938 bits per heavy atom. The molecule has 0 fully saturated rings. The Hall–Kier alpha value is -0.430. The van der Waals surface area contributed by atoms with Crippen LogP contribution in [0.5, 0.6) is 0 Å². The van der Waals surface area contributed by atoms with Gasteiger partial charge in [0, 0.05) is 10.4 Å². The van der Waals surface area contributed by atoms with Crippen molar-refractivity contribution in [2.75, 3.05) is 0 Å². The van der Waals surface area contributed by atoms with Crippen LogP contribution in [0.25, 0.3) is 10.8 Å². The van der Waals surface area contributed by atoms with Gasteiger partial charge in [0.05, 0.1) is 0 Å². The zero-order valence-corrected chi connectivity index (χ0v) is 11.5. The van der Waals surface area contributed by atoms with Crippen LogP contribution in [-0.2, 0) is 10.4 Å². The van der Waals surface area contributed by atoms with E-state index in [0.29, 0.717) is 0 Å². The minimum Gasteiger partial charge on any atom is -0.759 e. The maximum Gasteiger partial charge on any atom is 1.00 e. The third kappa shape index (κ3) is 6.95. The standard InChI is InChI=1S/C10H8.Na.H2O4S/c1-2-6-10-8-4-3-7-9(10)5-1;;1-5(2,3)4/h1-8H;;(H2,1,2,3,4)/q;+1;/p-2. The van der Waals surface area contributed by atoms with E-state index in [1.807, 2.05) is 0 Å². The summed E-state index contributed by atoms with van der Waals surface area (Å²) in [4.78, 5) is 0. The second-order valence-electron chi connectivity index (χ2n) is 2.76. The van der Waals surface area contributed by atoms with Crippen LogP contribution in [0, 0.1) is 0 Å². The Bertz CT molecular complexity index is 466. The molecule has 80 valence electrons. The topological polar surface area (TPSA) is 80.3 Å². The summed E-state index contributed by atoms with van der Waals surface area (Å²) in [5, 5.41) is 2.62. The summed E-state index contributed by atoms with van der Waals surface area (Å²) in [6, 6.07) is 16.7. The van der Waals surface area contributed by atoms with E-state index >= 15 is 0 Å². The van der Waals surface area contributed by atoms with Gasteiger partial charge < -0.3 is 9.11 Å². The molecule has 0 aliphatic carbocycles. The third-order valence-corrected chi connectivity index (χ3v) is 1.66. The first-order valence-electron chi connectivity index (χ1n) is 4.07. The van der Waals surface area contributed by atoms with E-state index in [4.69, 9.17) is 17.5 Å². The first-order valence-corrected chi connectivity index (χ1v) is 5.40. The fourth-order valence-electron chi connectivity index (χ4n) is 1.13. The number of fused-ring (bicyclic) bond motifs is 1. The summed E-state index contributed by atoms with van der Waals surface area (Å²) in [5.41, 5.74) is 0. The molecule has 0 spiro atoms. The molecule has 0 aromatic heterocycles. The first-order chi connectivity index (χ1) is 6.97. The van der Waals surface area contributed by atoms with Crippen molar-refractivity contribution in [1.29, 1.82) is 0 Å². The average Bonchev–Trinajstić information content (AvgIpc) is 2.16. The first kappa shape index (κ1) is 15.6. The van der Waals surface area contributed by atoms with Crippen molar-refractivity contribution in [2.45, 2.75) is 0 Å². The summed E-state index contributed by atoms with van der Waals surface area (Å²) in [7, 11) is -5.17. The molecule has 0 aliphatic rings. The second-order valence-corrected chi connectivity index (χ2v) is 3.57. The van der Waals surface area contributed by atoms with Gasteiger partial charge in [0.25, 0.3) is 0 Å². The van der Waals surface area contributed by atoms with Crippen LogP contribution in [0.15, 0.2) is 48.5 Å². The number of hydrogen-bond donors (Lipinski definition) is 0. The molecule has 4 nitrogen and oxygen atoms in total. The second kappa shape index (κ2) is 7.01. The molecule has 0 amide bonds. The van der Waals surface area contributed by atoms with Crippen LogP contribution in [0.1, 0.15) is 0 Å². The zero-order valence-electron chi connectivity index (χ0n) is 8.66. The van der Waals surface area contributed by atoms with Gasteiger partial charge in [-0.2, -0.15) is 0 Å². The van der Waals surface area contributed by atoms with E-state index in [2.05, 4.69) is 48.5 Å². The number of hydrogen-bond acceptors (Lipinski definition) is 4. The Balaban J connectivity index is 0.000000330. The fourth-order valence-corrected chi connectivity index (χ4v) is 1.13. The Morgan fingerprint density at radius 3 is 1.12 bits per heavy atom. The minimum atomic E-state index is -5.17. The molecule has 0 atom stereocenters. The summed E-state index contributed by atoms with van der Waals surface area (Å²) >= 11 is 0. The molecule has 2 rings (SSSR count). The summed E-state index contributed by atoms with van der Waals surface area (Å²) in [5.74, 6) is 0. The quantitative estimate of drug-likeness (QED) is 0.322. The van der Waals surface area contributed by atoms with Gasteiger partial charge in [0.2, 0.25) is 0 Å². The van der Waals surface area contributed by atoms with Crippen molar-refractivity contribution in [1.82, 2.24) is 0 Å². The average molecular weight is 247 g/mol. The third-order valence-electron chi connectivity index (χ3n) is 1.66. The van der Waals surface area contributed by atoms with Crippen molar-refractivity contribution < 1.29 is 47.1 Å². The van der Waals surface area contributed by atoms with Crippen LogP contribution in [0.4, 0.5) is 0 Å².